The van der Waals surface area contributed by atoms with Gasteiger partial charge in [-0.05, 0) is 26.0 Å². The van der Waals surface area contributed by atoms with Gasteiger partial charge in [0.1, 0.15) is 6.42 Å². The van der Waals surface area contributed by atoms with Gasteiger partial charge in [0.05, 0.1) is 0 Å². The van der Waals surface area contributed by atoms with Crippen molar-refractivity contribution in [1.29, 1.82) is 0 Å². The maximum Gasteiger partial charge on any atom is 0.396 e. The predicted octanol–water partition coefficient (Wildman–Crippen LogP) is 3.44. The summed E-state index contributed by atoms with van der Waals surface area (Å²) in [5.41, 5.74) is 1.71. The SMILES string of the molecule is Cc1cc(C)cc(C(=O)CC(F)(F)F)c1. The predicted molar refractivity (Wildman–Crippen MR) is 50.9 cm³/mol. The molecule has 0 fully saturated rings. The molecule has 1 aromatic rings. The normalized spacial score (nSPS) is 11.5. The first-order valence-electron chi connectivity index (χ1n) is 4.46. The minimum Gasteiger partial charge on any atom is -0.294 e. The summed E-state index contributed by atoms with van der Waals surface area (Å²) in [6.45, 7) is 3.49. The van der Waals surface area contributed by atoms with E-state index in [4.69, 9.17) is 0 Å². The maximum atomic E-state index is 12.0. The standard InChI is InChI=1S/C11H11F3O/c1-7-3-8(2)5-9(4-7)10(15)6-11(12,13)14/h3-5H,6H2,1-2H3. The van der Waals surface area contributed by atoms with Crippen molar-refractivity contribution in [1.82, 2.24) is 0 Å². The number of ketones is 1. The minimum atomic E-state index is -4.44. The van der Waals surface area contributed by atoms with Crippen molar-refractivity contribution in [3.05, 3.63) is 34.9 Å². The molecule has 0 unspecified atom stereocenters. The summed E-state index contributed by atoms with van der Waals surface area (Å²) < 4.78 is 35.9. The molecule has 0 aliphatic carbocycles. The zero-order chi connectivity index (χ0) is 11.6. The molecular formula is C11H11F3O. The smallest absolute Gasteiger partial charge is 0.294 e. The van der Waals surface area contributed by atoms with Gasteiger partial charge in [-0.25, -0.2) is 0 Å². The first-order chi connectivity index (χ1) is 6.78. The van der Waals surface area contributed by atoms with Crippen molar-refractivity contribution in [3.8, 4) is 0 Å². The van der Waals surface area contributed by atoms with Crippen molar-refractivity contribution in [2.45, 2.75) is 26.4 Å². The number of hydrogen-bond donors (Lipinski definition) is 0. The van der Waals surface area contributed by atoms with E-state index in [1.165, 1.54) is 12.1 Å². The molecule has 0 aliphatic rings. The van der Waals surface area contributed by atoms with Gasteiger partial charge in [-0.15, -0.1) is 0 Å². The fourth-order valence-electron chi connectivity index (χ4n) is 1.42. The van der Waals surface area contributed by atoms with Crippen LogP contribution in [0, 0.1) is 13.8 Å². The summed E-state index contributed by atoms with van der Waals surface area (Å²) >= 11 is 0. The summed E-state index contributed by atoms with van der Waals surface area (Å²) in [5.74, 6) is -0.880. The molecule has 0 spiro atoms. The van der Waals surface area contributed by atoms with Crippen LogP contribution in [0.4, 0.5) is 13.2 Å². The molecule has 0 aromatic heterocycles. The number of hydrogen-bond acceptors (Lipinski definition) is 1. The lowest BCUT2D eigenvalue weighted by Gasteiger charge is -2.06. The molecule has 0 atom stereocenters. The van der Waals surface area contributed by atoms with Gasteiger partial charge in [0.25, 0.3) is 0 Å². The summed E-state index contributed by atoms with van der Waals surface area (Å²) in [7, 11) is 0. The fourth-order valence-corrected chi connectivity index (χ4v) is 1.42. The number of benzene rings is 1. The van der Waals surface area contributed by atoms with Crippen LogP contribution in [0.2, 0.25) is 0 Å². The molecule has 82 valence electrons. The second-order valence-electron chi connectivity index (χ2n) is 3.59. The van der Waals surface area contributed by atoms with Crippen LogP contribution in [0.5, 0.6) is 0 Å². The van der Waals surface area contributed by atoms with Crippen molar-refractivity contribution in [3.63, 3.8) is 0 Å². The van der Waals surface area contributed by atoms with Gasteiger partial charge in [0, 0.05) is 5.56 Å². The third-order valence-corrected chi connectivity index (χ3v) is 1.90. The second-order valence-corrected chi connectivity index (χ2v) is 3.59. The van der Waals surface area contributed by atoms with E-state index in [0.29, 0.717) is 0 Å². The molecule has 0 heterocycles. The minimum absolute atomic E-state index is 0.129. The molecule has 4 heteroatoms. The van der Waals surface area contributed by atoms with E-state index < -0.39 is 18.4 Å². The maximum absolute atomic E-state index is 12.0. The Balaban J connectivity index is 2.92. The van der Waals surface area contributed by atoms with Crippen LogP contribution < -0.4 is 0 Å². The monoisotopic (exact) mass is 216 g/mol. The number of alkyl halides is 3. The molecule has 0 radical (unpaired) electrons. The molecule has 0 N–H and O–H groups in total. The van der Waals surface area contributed by atoms with Crippen LogP contribution in [0.25, 0.3) is 0 Å². The number of Topliss-reactive ketones (excluding diaryl/α,β-unsaturated/α-hetero) is 1. The van der Waals surface area contributed by atoms with Crippen LogP contribution in [-0.4, -0.2) is 12.0 Å². The van der Waals surface area contributed by atoms with Gasteiger partial charge in [-0.1, -0.05) is 17.2 Å². The highest BCUT2D eigenvalue weighted by Gasteiger charge is 2.31. The Hall–Kier alpha value is -1.32. The summed E-state index contributed by atoms with van der Waals surface area (Å²) in [5, 5.41) is 0. The lowest BCUT2D eigenvalue weighted by Crippen LogP contribution is -2.15. The van der Waals surface area contributed by atoms with E-state index in [2.05, 4.69) is 0 Å². The number of rotatable bonds is 2. The van der Waals surface area contributed by atoms with Crippen molar-refractivity contribution >= 4 is 5.78 Å². The Kier molecular flexibility index (Phi) is 3.17. The zero-order valence-electron chi connectivity index (χ0n) is 8.48. The Morgan fingerprint density at radius 1 is 1.13 bits per heavy atom. The van der Waals surface area contributed by atoms with Crippen molar-refractivity contribution < 1.29 is 18.0 Å². The number of carbonyl (C=O) groups is 1. The lowest BCUT2D eigenvalue weighted by atomic mass is 10.0. The topological polar surface area (TPSA) is 17.1 Å². The lowest BCUT2D eigenvalue weighted by molar-refractivity contribution is -0.125. The highest BCUT2D eigenvalue weighted by atomic mass is 19.4. The summed E-state index contributed by atoms with van der Waals surface area (Å²) in [6.07, 6.45) is -5.83. The largest absolute Gasteiger partial charge is 0.396 e. The molecule has 0 amide bonds. The van der Waals surface area contributed by atoms with E-state index in [0.717, 1.165) is 11.1 Å². The highest BCUT2D eigenvalue weighted by molar-refractivity contribution is 5.96. The van der Waals surface area contributed by atoms with Gasteiger partial charge in [-0.3, -0.25) is 4.79 Å². The zero-order valence-corrected chi connectivity index (χ0v) is 8.48. The van der Waals surface area contributed by atoms with Crippen molar-refractivity contribution in [2.75, 3.05) is 0 Å². The molecule has 0 bridgehead atoms. The van der Waals surface area contributed by atoms with Crippen LogP contribution in [0.15, 0.2) is 18.2 Å². The first-order valence-corrected chi connectivity index (χ1v) is 4.46. The number of carbonyl (C=O) groups excluding carboxylic acids is 1. The average Bonchev–Trinajstić information content (AvgIpc) is 1.98. The fraction of sp³-hybridized carbons (Fsp3) is 0.364. The molecule has 0 saturated carbocycles. The summed E-state index contributed by atoms with van der Waals surface area (Å²) in [6, 6.07) is 4.76. The number of halogens is 3. The van der Waals surface area contributed by atoms with Gasteiger partial charge in [-0.2, -0.15) is 13.2 Å². The van der Waals surface area contributed by atoms with E-state index in [1.807, 2.05) is 6.07 Å². The molecule has 0 saturated heterocycles. The van der Waals surface area contributed by atoms with Crippen molar-refractivity contribution in [2.24, 2.45) is 0 Å². The Morgan fingerprint density at radius 2 is 1.60 bits per heavy atom. The molecule has 0 aliphatic heterocycles. The number of aryl methyl sites for hydroxylation is 2. The summed E-state index contributed by atoms with van der Waals surface area (Å²) in [4.78, 5) is 11.2. The second kappa shape index (κ2) is 4.04. The van der Waals surface area contributed by atoms with Crippen LogP contribution in [0.1, 0.15) is 27.9 Å². The Bertz CT molecular complexity index is 360. The third kappa shape index (κ3) is 3.73. The molecule has 1 rings (SSSR count). The van der Waals surface area contributed by atoms with Gasteiger partial charge in [0.2, 0.25) is 0 Å². The van der Waals surface area contributed by atoms with Crippen LogP contribution in [0.3, 0.4) is 0 Å². The van der Waals surface area contributed by atoms with Gasteiger partial charge in [0.15, 0.2) is 5.78 Å². The van der Waals surface area contributed by atoms with Crippen LogP contribution in [-0.2, 0) is 0 Å². The Labute approximate surface area is 85.9 Å². The molecule has 15 heavy (non-hydrogen) atoms. The van der Waals surface area contributed by atoms with Gasteiger partial charge >= 0.3 is 6.18 Å². The molecule has 1 nitrogen and oxygen atoms in total. The Morgan fingerprint density at radius 3 is 2.00 bits per heavy atom. The van der Waals surface area contributed by atoms with E-state index in [9.17, 15) is 18.0 Å². The first kappa shape index (κ1) is 11.8. The highest BCUT2D eigenvalue weighted by Crippen LogP contribution is 2.22. The van der Waals surface area contributed by atoms with Crippen LogP contribution >= 0.6 is 0 Å². The molecule has 1 aromatic carbocycles. The van der Waals surface area contributed by atoms with E-state index in [-0.39, 0.29) is 5.56 Å². The molecular weight excluding hydrogens is 205 g/mol. The van der Waals surface area contributed by atoms with E-state index in [1.54, 1.807) is 13.8 Å². The van der Waals surface area contributed by atoms with E-state index >= 15 is 0 Å². The quantitative estimate of drug-likeness (QED) is 0.692. The average molecular weight is 216 g/mol. The third-order valence-electron chi connectivity index (χ3n) is 1.90. The van der Waals surface area contributed by atoms with Gasteiger partial charge < -0.3 is 0 Å².